The molecule has 6 heteroatoms. The lowest BCUT2D eigenvalue weighted by Gasteiger charge is -2.16. The highest BCUT2D eigenvalue weighted by molar-refractivity contribution is 5.80. The molecule has 1 saturated carbocycles. The van der Waals surface area contributed by atoms with Gasteiger partial charge < -0.3 is 9.84 Å². The lowest BCUT2D eigenvalue weighted by Crippen LogP contribution is -2.25. The summed E-state index contributed by atoms with van der Waals surface area (Å²) in [7, 11) is 0. The summed E-state index contributed by atoms with van der Waals surface area (Å²) in [6, 6.07) is 4.82. The predicted octanol–water partition coefficient (Wildman–Crippen LogP) is 2.37. The van der Waals surface area contributed by atoms with Crippen LogP contribution in [0.5, 0.6) is 0 Å². The molecule has 1 saturated heterocycles. The second-order valence-electron chi connectivity index (χ2n) is 6.98. The maximum atomic E-state index is 13.7. The summed E-state index contributed by atoms with van der Waals surface area (Å²) >= 11 is 0. The van der Waals surface area contributed by atoms with Crippen LogP contribution < -0.4 is 5.32 Å². The van der Waals surface area contributed by atoms with Gasteiger partial charge in [0.25, 0.3) is 0 Å². The van der Waals surface area contributed by atoms with Gasteiger partial charge in [-0.1, -0.05) is 11.2 Å². The van der Waals surface area contributed by atoms with Crippen LogP contribution in [0.15, 0.2) is 22.7 Å². The molecule has 4 rings (SSSR count). The number of carbonyl (C=O) groups excluding carboxylic acids is 1. The van der Waals surface area contributed by atoms with Gasteiger partial charge in [-0.25, -0.2) is 4.39 Å². The van der Waals surface area contributed by atoms with Crippen LogP contribution in [0, 0.1) is 12.7 Å². The first-order valence-corrected chi connectivity index (χ1v) is 7.81. The van der Waals surface area contributed by atoms with Crippen LogP contribution in [0.25, 0.3) is 0 Å². The predicted molar refractivity (Wildman–Crippen MR) is 80.4 cm³/mol. The first-order valence-electron chi connectivity index (χ1n) is 7.81. The Labute approximate surface area is 133 Å². The molecule has 0 spiro atoms. The molecule has 23 heavy (non-hydrogen) atoms. The number of hydrogen-bond donors (Lipinski definition) is 1. The van der Waals surface area contributed by atoms with Gasteiger partial charge in [-0.05, 0) is 49.9 Å². The highest BCUT2D eigenvalue weighted by atomic mass is 19.1. The summed E-state index contributed by atoms with van der Waals surface area (Å²) in [5.74, 6) is 0.820. The summed E-state index contributed by atoms with van der Waals surface area (Å²) in [5.41, 5.74) is 1.14. The van der Waals surface area contributed by atoms with Gasteiger partial charge >= 0.3 is 0 Å². The van der Waals surface area contributed by atoms with Crippen molar-refractivity contribution >= 4 is 5.91 Å². The molecular formula is C17H18FN3O2. The number of aromatic nitrogens is 2. The Morgan fingerprint density at radius 1 is 1.35 bits per heavy atom. The Morgan fingerprint density at radius 2 is 2.13 bits per heavy atom. The number of nitrogens with one attached hydrogen (secondary N) is 1. The maximum Gasteiger partial charge on any atom is 0.234 e. The normalized spacial score (nSPS) is 25.4. The third-order valence-electron chi connectivity index (χ3n) is 5.06. The second kappa shape index (κ2) is 4.63. The molecule has 2 aromatic rings. The van der Waals surface area contributed by atoms with E-state index in [1.54, 1.807) is 12.1 Å². The number of hydrogen-bond acceptors (Lipinski definition) is 4. The zero-order valence-corrected chi connectivity index (χ0v) is 13.1. The van der Waals surface area contributed by atoms with Gasteiger partial charge in [-0.3, -0.25) is 4.79 Å². The zero-order chi connectivity index (χ0) is 16.2. The van der Waals surface area contributed by atoms with Gasteiger partial charge in [0.2, 0.25) is 11.8 Å². The molecule has 2 fully saturated rings. The van der Waals surface area contributed by atoms with Gasteiger partial charge in [0, 0.05) is 13.0 Å². The molecule has 0 bridgehead atoms. The fraction of sp³-hybridized carbons (Fsp3) is 0.471. The molecule has 1 atom stereocenters. The van der Waals surface area contributed by atoms with E-state index in [0.29, 0.717) is 24.7 Å². The molecule has 1 unspecified atom stereocenters. The minimum atomic E-state index is -0.463. The monoisotopic (exact) mass is 315 g/mol. The Balaban J connectivity index is 1.72. The summed E-state index contributed by atoms with van der Waals surface area (Å²) < 4.78 is 19.1. The molecule has 1 N–H and O–H groups in total. The van der Waals surface area contributed by atoms with E-state index >= 15 is 0 Å². The number of amides is 1. The number of carbonyl (C=O) groups is 1. The van der Waals surface area contributed by atoms with E-state index < -0.39 is 5.41 Å². The smallest absolute Gasteiger partial charge is 0.234 e. The van der Waals surface area contributed by atoms with Gasteiger partial charge in [0.05, 0.1) is 10.8 Å². The molecule has 0 radical (unpaired) electrons. The van der Waals surface area contributed by atoms with Crippen molar-refractivity contribution in [2.45, 2.75) is 43.9 Å². The molecule has 5 nitrogen and oxygen atoms in total. The SMILES string of the molecule is Cc1ccc(F)cc1C1(c2noc(C3(C)CNC(=O)C3)n2)CC1. The average molecular weight is 315 g/mol. The van der Waals surface area contributed by atoms with Crippen LogP contribution >= 0.6 is 0 Å². The average Bonchev–Trinajstić information content (AvgIpc) is 3.00. The van der Waals surface area contributed by atoms with Crippen molar-refractivity contribution in [3.8, 4) is 0 Å². The second-order valence-corrected chi connectivity index (χ2v) is 6.98. The van der Waals surface area contributed by atoms with E-state index in [0.717, 1.165) is 24.0 Å². The third-order valence-corrected chi connectivity index (χ3v) is 5.06. The fourth-order valence-corrected chi connectivity index (χ4v) is 3.44. The number of halogens is 1. The highest BCUT2D eigenvalue weighted by Gasteiger charge is 2.52. The topological polar surface area (TPSA) is 68.0 Å². The molecule has 1 aliphatic heterocycles. The molecular weight excluding hydrogens is 297 g/mol. The molecule has 1 aromatic carbocycles. The fourth-order valence-electron chi connectivity index (χ4n) is 3.44. The van der Waals surface area contributed by atoms with E-state index in [1.165, 1.54) is 6.07 Å². The van der Waals surface area contributed by atoms with Gasteiger partial charge in [-0.15, -0.1) is 0 Å². The third kappa shape index (κ3) is 2.16. The lowest BCUT2D eigenvalue weighted by atomic mass is 9.89. The standard InChI is InChI=1S/C17H18FN3O2/c1-10-3-4-11(18)7-12(10)17(5-6-17)14-20-15(23-21-14)16(2)8-13(22)19-9-16/h3-4,7H,5-6,8-9H2,1-2H3,(H,19,22). The first kappa shape index (κ1) is 14.4. The molecule has 2 heterocycles. The molecule has 1 amide bonds. The Hall–Kier alpha value is -2.24. The summed E-state index contributed by atoms with van der Waals surface area (Å²) in [5, 5.41) is 6.97. The van der Waals surface area contributed by atoms with E-state index in [4.69, 9.17) is 4.52 Å². The van der Waals surface area contributed by atoms with Gasteiger partial charge in [0.15, 0.2) is 5.82 Å². The van der Waals surface area contributed by atoms with Crippen LogP contribution in [-0.2, 0) is 15.6 Å². The minimum Gasteiger partial charge on any atom is -0.355 e. The van der Waals surface area contributed by atoms with Crippen LogP contribution in [0.3, 0.4) is 0 Å². The van der Waals surface area contributed by atoms with Gasteiger partial charge in [-0.2, -0.15) is 4.98 Å². The highest BCUT2D eigenvalue weighted by Crippen LogP contribution is 2.53. The van der Waals surface area contributed by atoms with Crippen LogP contribution in [0.1, 0.15) is 49.0 Å². The Bertz CT molecular complexity index is 797. The molecule has 1 aliphatic carbocycles. The largest absolute Gasteiger partial charge is 0.355 e. The molecule has 120 valence electrons. The molecule has 1 aromatic heterocycles. The number of benzene rings is 1. The van der Waals surface area contributed by atoms with Crippen molar-refractivity contribution in [1.29, 1.82) is 0 Å². The van der Waals surface area contributed by atoms with Crippen LogP contribution in [-0.4, -0.2) is 22.6 Å². The quantitative estimate of drug-likeness (QED) is 0.944. The van der Waals surface area contributed by atoms with Crippen LogP contribution in [0.2, 0.25) is 0 Å². The number of rotatable bonds is 3. The van der Waals surface area contributed by atoms with Crippen LogP contribution in [0.4, 0.5) is 4.39 Å². The van der Waals surface area contributed by atoms with E-state index in [1.807, 2.05) is 13.8 Å². The Kier molecular flexibility index (Phi) is 2.89. The number of nitrogens with zero attached hydrogens (tertiary/aromatic N) is 2. The van der Waals surface area contributed by atoms with E-state index in [9.17, 15) is 9.18 Å². The van der Waals surface area contributed by atoms with Gasteiger partial charge in [0.1, 0.15) is 5.82 Å². The first-order chi connectivity index (χ1) is 10.9. The zero-order valence-electron chi connectivity index (χ0n) is 13.1. The van der Waals surface area contributed by atoms with Crippen molar-refractivity contribution < 1.29 is 13.7 Å². The molecule has 2 aliphatic rings. The van der Waals surface area contributed by atoms with Crippen molar-refractivity contribution in [2.24, 2.45) is 0 Å². The summed E-state index contributed by atoms with van der Waals surface area (Å²) in [6.45, 7) is 4.41. The van der Waals surface area contributed by atoms with Crippen molar-refractivity contribution in [2.75, 3.05) is 6.54 Å². The summed E-state index contributed by atoms with van der Waals surface area (Å²) in [4.78, 5) is 16.1. The van der Waals surface area contributed by atoms with E-state index in [-0.39, 0.29) is 17.1 Å². The van der Waals surface area contributed by atoms with Crippen molar-refractivity contribution in [1.82, 2.24) is 15.5 Å². The minimum absolute atomic E-state index is 0.00522. The van der Waals surface area contributed by atoms with E-state index in [2.05, 4.69) is 15.5 Å². The lowest BCUT2D eigenvalue weighted by molar-refractivity contribution is -0.119. The number of aryl methyl sites for hydroxylation is 1. The summed E-state index contributed by atoms with van der Waals surface area (Å²) in [6.07, 6.45) is 2.11. The maximum absolute atomic E-state index is 13.7. The van der Waals surface area contributed by atoms with Crippen molar-refractivity contribution in [3.05, 3.63) is 46.9 Å². The Morgan fingerprint density at radius 3 is 2.78 bits per heavy atom. The van der Waals surface area contributed by atoms with Crippen molar-refractivity contribution in [3.63, 3.8) is 0 Å².